The highest BCUT2D eigenvalue weighted by Crippen LogP contribution is 2.32. The van der Waals surface area contributed by atoms with Gasteiger partial charge >= 0.3 is 0 Å². The number of anilines is 3. The molecule has 0 radical (unpaired) electrons. The lowest BCUT2D eigenvalue weighted by Gasteiger charge is -2.09. The zero-order chi connectivity index (χ0) is 18.9. The van der Waals surface area contributed by atoms with Crippen LogP contribution in [0.15, 0.2) is 64.9 Å². The summed E-state index contributed by atoms with van der Waals surface area (Å²) in [4.78, 5) is 22.0. The Morgan fingerprint density at radius 3 is 2.79 bits per heavy atom. The molecule has 1 amide bonds. The number of nitrogens with one attached hydrogen (secondary N) is 3. The highest BCUT2D eigenvalue weighted by atomic mass is 32.2. The predicted octanol–water partition coefficient (Wildman–Crippen LogP) is 3.70. The molecule has 1 aliphatic rings. The van der Waals surface area contributed by atoms with Gasteiger partial charge < -0.3 is 10.6 Å². The predicted molar refractivity (Wildman–Crippen MR) is 107 cm³/mol. The van der Waals surface area contributed by atoms with E-state index >= 15 is 0 Å². The van der Waals surface area contributed by atoms with Gasteiger partial charge in [-0.2, -0.15) is 5.10 Å². The van der Waals surface area contributed by atoms with Gasteiger partial charge in [-0.15, -0.1) is 0 Å². The minimum atomic E-state index is 0.112. The van der Waals surface area contributed by atoms with Crippen LogP contribution in [-0.4, -0.2) is 30.5 Å². The lowest BCUT2D eigenvalue weighted by Crippen LogP contribution is -2.12. The molecule has 0 bridgehead atoms. The molecule has 5 rings (SSSR count). The van der Waals surface area contributed by atoms with E-state index in [9.17, 15) is 4.79 Å². The van der Waals surface area contributed by atoms with Crippen molar-refractivity contribution in [1.82, 2.24) is 24.6 Å². The van der Waals surface area contributed by atoms with Crippen molar-refractivity contribution in [2.75, 3.05) is 10.6 Å². The van der Waals surface area contributed by atoms with Crippen molar-refractivity contribution in [3.05, 3.63) is 55.0 Å². The van der Waals surface area contributed by atoms with Gasteiger partial charge in [0.1, 0.15) is 16.5 Å². The largest absolute Gasteiger partial charge is 0.326 e. The maximum Gasteiger partial charge on any atom is 0.227 e. The van der Waals surface area contributed by atoms with E-state index in [1.165, 1.54) is 11.8 Å². The number of hydrogen-bond donors (Lipinski definition) is 3. The van der Waals surface area contributed by atoms with Gasteiger partial charge in [0, 0.05) is 41.0 Å². The summed E-state index contributed by atoms with van der Waals surface area (Å²) < 4.78 is 1.88. The standard InChI is InChI=1S/C19H17N7OS/c27-18(12-1-2-12)22-13-3-5-14(6-4-13)28-17-11-16-20-9-10-26(16)19(24-17)23-15-7-8-21-25-15/h3-12H,1-2H2,(H,22,27)(H2,21,23,24,25). The number of nitrogens with zero attached hydrogens (tertiary/aromatic N) is 4. The molecule has 140 valence electrons. The minimum absolute atomic E-state index is 0.112. The SMILES string of the molecule is O=C(Nc1ccc(Sc2cc3nccn3c(Nc3ccn[nH]3)n2)cc1)C1CC1. The number of benzene rings is 1. The van der Waals surface area contributed by atoms with Crippen molar-refractivity contribution in [3.63, 3.8) is 0 Å². The van der Waals surface area contributed by atoms with Gasteiger partial charge in [0.15, 0.2) is 0 Å². The van der Waals surface area contributed by atoms with Gasteiger partial charge in [0.25, 0.3) is 0 Å². The second-order valence-electron chi connectivity index (χ2n) is 6.56. The summed E-state index contributed by atoms with van der Waals surface area (Å²) in [6.45, 7) is 0. The number of hydrogen-bond acceptors (Lipinski definition) is 6. The Kier molecular flexibility index (Phi) is 4.21. The Labute approximate surface area is 164 Å². The fourth-order valence-corrected chi connectivity index (χ4v) is 3.62. The monoisotopic (exact) mass is 391 g/mol. The number of fused-ring (bicyclic) bond motifs is 1. The Morgan fingerprint density at radius 1 is 1.18 bits per heavy atom. The van der Waals surface area contributed by atoms with E-state index in [1.54, 1.807) is 12.4 Å². The van der Waals surface area contributed by atoms with Crippen LogP contribution in [0.5, 0.6) is 0 Å². The first-order chi connectivity index (χ1) is 13.7. The van der Waals surface area contributed by atoms with Crippen LogP contribution in [0.2, 0.25) is 0 Å². The Hall–Kier alpha value is -3.33. The van der Waals surface area contributed by atoms with Crippen LogP contribution in [0.1, 0.15) is 12.8 Å². The van der Waals surface area contributed by atoms with Gasteiger partial charge in [0.2, 0.25) is 11.9 Å². The molecule has 3 aromatic heterocycles. The average molecular weight is 391 g/mol. The molecule has 1 aromatic carbocycles. The average Bonchev–Trinajstić information content (AvgIpc) is 3.22. The van der Waals surface area contributed by atoms with Crippen molar-refractivity contribution < 1.29 is 4.79 Å². The first kappa shape index (κ1) is 16.8. The zero-order valence-corrected chi connectivity index (χ0v) is 15.6. The first-order valence-corrected chi connectivity index (χ1v) is 9.75. The van der Waals surface area contributed by atoms with E-state index in [2.05, 4.69) is 25.8 Å². The molecule has 1 aliphatic carbocycles. The van der Waals surface area contributed by atoms with Crippen LogP contribution in [0.25, 0.3) is 5.65 Å². The lowest BCUT2D eigenvalue weighted by atomic mass is 10.3. The summed E-state index contributed by atoms with van der Waals surface area (Å²) in [5.74, 6) is 1.71. The topological polar surface area (TPSA) is 100 Å². The summed E-state index contributed by atoms with van der Waals surface area (Å²) in [5, 5.41) is 13.8. The van der Waals surface area contributed by atoms with E-state index in [1.807, 2.05) is 47.0 Å². The fraction of sp³-hybridized carbons (Fsp3) is 0.158. The normalized spacial score (nSPS) is 13.6. The quantitative estimate of drug-likeness (QED) is 0.434. The molecule has 3 N–H and O–H groups in total. The van der Waals surface area contributed by atoms with Crippen molar-refractivity contribution in [3.8, 4) is 0 Å². The van der Waals surface area contributed by atoms with Crippen LogP contribution in [-0.2, 0) is 4.79 Å². The summed E-state index contributed by atoms with van der Waals surface area (Å²) >= 11 is 1.54. The second kappa shape index (κ2) is 7.01. The molecule has 3 heterocycles. The first-order valence-electron chi connectivity index (χ1n) is 8.94. The molecule has 9 heteroatoms. The van der Waals surface area contributed by atoms with Crippen LogP contribution >= 0.6 is 11.8 Å². The molecule has 0 aliphatic heterocycles. The Bertz CT molecular complexity index is 1120. The van der Waals surface area contributed by atoms with Gasteiger partial charge in [0.05, 0.1) is 6.20 Å². The third-order valence-corrected chi connectivity index (χ3v) is 5.33. The highest BCUT2D eigenvalue weighted by Gasteiger charge is 2.29. The van der Waals surface area contributed by atoms with Crippen molar-refractivity contribution >= 4 is 40.8 Å². The van der Waals surface area contributed by atoms with Crippen molar-refractivity contribution in [2.24, 2.45) is 5.92 Å². The number of H-pyrrole nitrogens is 1. The van der Waals surface area contributed by atoms with E-state index < -0.39 is 0 Å². The molecule has 8 nitrogen and oxygen atoms in total. The van der Waals surface area contributed by atoms with Crippen LogP contribution in [0.4, 0.5) is 17.5 Å². The molecule has 28 heavy (non-hydrogen) atoms. The third-order valence-electron chi connectivity index (χ3n) is 4.41. The number of carbonyl (C=O) groups excluding carboxylic acids is 1. The zero-order valence-electron chi connectivity index (χ0n) is 14.8. The minimum Gasteiger partial charge on any atom is -0.326 e. The molecular weight excluding hydrogens is 374 g/mol. The maximum atomic E-state index is 11.9. The number of imidazole rings is 1. The van der Waals surface area contributed by atoms with E-state index in [0.717, 1.165) is 39.9 Å². The van der Waals surface area contributed by atoms with E-state index in [-0.39, 0.29) is 11.8 Å². The third kappa shape index (κ3) is 3.56. The van der Waals surface area contributed by atoms with Crippen molar-refractivity contribution in [2.45, 2.75) is 22.8 Å². The van der Waals surface area contributed by atoms with Crippen LogP contribution < -0.4 is 10.6 Å². The summed E-state index contributed by atoms with van der Waals surface area (Å²) in [7, 11) is 0. The second-order valence-corrected chi connectivity index (χ2v) is 7.65. The lowest BCUT2D eigenvalue weighted by molar-refractivity contribution is -0.117. The number of aromatic nitrogens is 5. The van der Waals surface area contributed by atoms with Crippen LogP contribution in [0.3, 0.4) is 0 Å². The number of carbonyl (C=O) groups is 1. The molecule has 0 spiro atoms. The molecule has 1 saturated carbocycles. The number of amides is 1. The Morgan fingerprint density at radius 2 is 2.04 bits per heavy atom. The van der Waals surface area contributed by atoms with Gasteiger partial charge in [-0.1, -0.05) is 11.8 Å². The number of aromatic amines is 1. The van der Waals surface area contributed by atoms with E-state index in [4.69, 9.17) is 4.98 Å². The summed E-state index contributed by atoms with van der Waals surface area (Å²) in [5.41, 5.74) is 1.62. The highest BCUT2D eigenvalue weighted by molar-refractivity contribution is 7.99. The molecule has 4 aromatic rings. The smallest absolute Gasteiger partial charge is 0.227 e. The summed E-state index contributed by atoms with van der Waals surface area (Å²) in [6, 6.07) is 11.6. The molecule has 0 atom stereocenters. The maximum absolute atomic E-state index is 11.9. The van der Waals surface area contributed by atoms with E-state index in [0.29, 0.717) is 5.95 Å². The molecule has 0 saturated heterocycles. The van der Waals surface area contributed by atoms with Gasteiger partial charge in [-0.3, -0.25) is 14.3 Å². The Balaban J connectivity index is 1.36. The molecule has 0 unspecified atom stereocenters. The van der Waals surface area contributed by atoms with Crippen molar-refractivity contribution in [1.29, 1.82) is 0 Å². The molecular formula is C19H17N7OS. The van der Waals surface area contributed by atoms with Crippen LogP contribution in [0, 0.1) is 5.92 Å². The number of rotatable bonds is 6. The molecule has 1 fully saturated rings. The summed E-state index contributed by atoms with van der Waals surface area (Å²) in [6.07, 6.45) is 7.26. The van der Waals surface area contributed by atoms with Gasteiger partial charge in [-0.05, 0) is 37.1 Å². The van der Waals surface area contributed by atoms with Gasteiger partial charge in [-0.25, -0.2) is 9.97 Å². The fourth-order valence-electron chi connectivity index (χ4n) is 2.81.